The van der Waals surface area contributed by atoms with Gasteiger partial charge in [-0.25, -0.2) is 4.39 Å². The van der Waals surface area contributed by atoms with Crippen LogP contribution in [0.1, 0.15) is 19.4 Å². The number of hydrogen-bond acceptors (Lipinski definition) is 2. The third-order valence-corrected chi connectivity index (χ3v) is 3.65. The topological polar surface area (TPSA) is 35.2 Å². The quantitative estimate of drug-likeness (QED) is 0.924. The largest absolute Gasteiger partial charge is 0.496 e. The van der Waals surface area contributed by atoms with Crippen LogP contribution in [0.25, 0.3) is 0 Å². The molecule has 0 saturated heterocycles. The van der Waals surface area contributed by atoms with E-state index in [-0.39, 0.29) is 17.8 Å². The van der Waals surface area contributed by atoms with Gasteiger partial charge in [-0.15, -0.1) is 0 Å². The normalized spacial score (nSPS) is 14.6. The zero-order chi connectivity index (χ0) is 12.3. The van der Waals surface area contributed by atoms with Crippen LogP contribution >= 0.6 is 15.9 Å². The van der Waals surface area contributed by atoms with Crippen molar-refractivity contribution in [1.82, 2.24) is 0 Å². The summed E-state index contributed by atoms with van der Waals surface area (Å²) in [7, 11) is 1.58. The number of rotatable bonds is 4. The van der Waals surface area contributed by atoms with Crippen LogP contribution in [0.5, 0.6) is 5.75 Å². The van der Waals surface area contributed by atoms with E-state index in [1.54, 1.807) is 13.2 Å². The lowest BCUT2D eigenvalue weighted by Gasteiger charge is -2.18. The molecule has 1 aromatic rings. The minimum absolute atomic E-state index is 0.0693. The Morgan fingerprint density at radius 2 is 2.06 bits per heavy atom. The maximum absolute atomic E-state index is 13.4. The summed E-state index contributed by atoms with van der Waals surface area (Å²) >= 11 is 3.25. The van der Waals surface area contributed by atoms with Gasteiger partial charge >= 0.3 is 0 Å². The van der Waals surface area contributed by atoms with Gasteiger partial charge in [0.25, 0.3) is 0 Å². The Hall–Kier alpha value is -0.610. The minimum Gasteiger partial charge on any atom is -0.496 e. The first-order valence-electron chi connectivity index (χ1n) is 5.23. The first-order chi connectivity index (χ1) is 7.47. The van der Waals surface area contributed by atoms with Crippen LogP contribution in [-0.2, 0) is 6.42 Å². The highest BCUT2D eigenvalue weighted by Crippen LogP contribution is 2.31. The van der Waals surface area contributed by atoms with Gasteiger partial charge in [0.15, 0.2) is 0 Å². The third-order valence-electron chi connectivity index (χ3n) is 2.80. The van der Waals surface area contributed by atoms with Crippen LogP contribution < -0.4 is 10.5 Å². The fraction of sp³-hybridized carbons (Fsp3) is 0.500. The second-order valence-electron chi connectivity index (χ2n) is 4.08. The molecule has 0 heterocycles. The van der Waals surface area contributed by atoms with Gasteiger partial charge in [0.05, 0.1) is 11.6 Å². The van der Waals surface area contributed by atoms with Crippen molar-refractivity contribution in [3.8, 4) is 5.75 Å². The molecule has 2 N–H and O–H groups in total. The molecule has 0 fully saturated rings. The average Bonchev–Trinajstić information content (AvgIpc) is 2.25. The Balaban J connectivity index is 3.05. The molecule has 0 radical (unpaired) electrons. The lowest BCUT2D eigenvalue weighted by atomic mass is 9.95. The summed E-state index contributed by atoms with van der Waals surface area (Å²) in [5, 5.41) is 0. The lowest BCUT2D eigenvalue weighted by Crippen LogP contribution is -2.26. The van der Waals surface area contributed by atoms with Crippen molar-refractivity contribution in [3.05, 3.63) is 28.0 Å². The second-order valence-corrected chi connectivity index (χ2v) is 4.88. The number of benzene rings is 1. The number of nitrogens with two attached hydrogens (primary N) is 1. The predicted molar refractivity (Wildman–Crippen MR) is 67.2 cm³/mol. The maximum atomic E-state index is 13.4. The minimum atomic E-state index is -0.271. The lowest BCUT2D eigenvalue weighted by molar-refractivity contribution is 0.398. The predicted octanol–water partition coefficient (Wildman–Crippen LogP) is 3.12. The van der Waals surface area contributed by atoms with Crippen molar-refractivity contribution in [3.63, 3.8) is 0 Å². The molecule has 0 aliphatic heterocycles. The SMILES string of the molecule is COc1ccc(F)c(Br)c1CC(C)C(C)N. The van der Waals surface area contributed by atoms with E-state index < -0.39 is 0 Å². The molecule has 2 unspecified atom stereocenters. The molecule has 0 spiro atoms. The van der Waals surface area contributed by atoms with Gasteiger partial charge < -0.3 is 10.5 Å². The van der Waals surface area contributed by atoms with E-state index in [1.165, 1.54) is 6.07 Å². The van der Waals surface area contributed by atoms with Crippen LogP contribution in [-0.4, -0.2) is 13.2 Å². The molecular weight excluding hydrogens is 273 g/mol. The summed E-state index contributed by atoms with van der Waals surface area (Å²) in [4.78, 5) is 0. The zero-order valence-corrected chi connectivity index (χ0v) is 11.3. The van der Waals surface area contributed by atoms with E-state index in [0.717, 1.165) is 5.56 Å². The Bertz CT molecular complexity index is 368. The number of hydrogen-bond donors (Lipinski definition) is 1. The van der Waals surface area contributed by atoms with Gasteiger partial charge in [-0.1, -0.05) is 6.92 Å². The van der Waals surface area contributed by atoms with Crippen molar-refractivity contribution in [1.29, 1.82) is 0 Å². The average molecular weight is 290 g/mol. The summed E-state index contributed by atoms with van der Waals surface area (Å²) in [5.41, 5.74) is 6.65. The van der Waals surface area contributed by atoms with Crippen molar-refractivity contribution < 1.29 is 9.13 Å². The first-order valence-corrected chi connectivity index (χ1v) is 6.03. The van der Waals surface area contributed by atoms with E-state index in [2.05, 4.69) is 15.9 Å². The highest BCUT2D eigenvalue weighted by molar-refractivity contribution is 9.10. The van der Waals surface area contributed by atoms with Crippen molar-refractivity contribution in [2.45, 2.75) is 26.3 Å². The smallest absolute Gasteiger partial charge is 0.137 e. The van der Waals surface area contributed by atoms with Gasteiger partial charge in [-0.05, 0) is 47.3 Å². The molecule has 0 aromatic heterocycles. The van der Waals surface area contributed by atoms with E-state index >= 15 is 0 Å². The van der Waals surface area contributed by atoms with Gasteiger partial charge in [0, 0.05) is 11.6 Å². The molecule has 2 atom stereocenters. The highest BCUT2D eigenvalue weighted by atomic mass is 79.9. The molecule has 1 aromatic carbocycles. The van der Waals surface area contributed by atoms with E-state index in [4.69, 9.17) is 10.5 Å². The van der Waals surface area contributed by atoms with Crippen LogP contribution in [0.15, 0.2) is 16.6 Å². The van der Waals surface area contributed by atoms with Crippen LogP contribution in [0, 0.1) is 11.7 Å². The summed E-state index contributed by atoms with van der Waals surface area (Å²) in [6.07, 6.45) is 0.694. The molecule has 2 nitrogen and oxygen atoms in total. The van der Waals surface area contributed by atoms with Gasteiger partial charge in [0.2, 0.25) is 0 Å². The fourth-order valence-electron chi connectivity index (χ4n) is 1.46. The highest BCUT2D eigenvalue weighted by Gasteiger charge is 2.16. The zero-order valence-electron chi connectivity index (χ0n) is 9.76. The number of methoxy groups -OCH3 is 1. The van der Waals surface area contributed by atoms with Crippen molar-refractivity contribution >= 4 is 15.9 Å². The molecule has 4 heteroatoms. The van der Waals surface area contributed by atoms with Crippen LogP contribution in [0.4, 0.5) is 4.39 Å². The summed E-state index contributed by atoms with van der Waals surface area (Å²) in [6, 6.07) is 3.10. The molecule has 1 rings (SSSR count). The number of ether oxygens (including phenoxy) is 1. The van der Waals surface area contributed by atoms with Gasteiger partial charge in [-0.3, -0.25) is 0 Å². The third kappa shape index (κ3) is 2.95. The molecule has 0 saturated carbocycles. The molecule has 16 heavy (non-hydrogen) atoms. The Morgan fingerprint density at radius 1 is 1.44 bits per heavy atom. The Morgan fingerprint density at radius 3 is 2.56 bits per heavy atom. The van der Waals surface area contributed by atoms with Crippen molar-refractivity contribution in [2.75, 3.05) is 7.11 Å². The first kappa shape index (κ1) is 13.5. The molecule has 0 amide bonds. The second kappa shape index (κ2) is 5.64. The maximum Gasteiger partial charge on any atom is 0.137 e. The van der Waals surface area contributed by atoms with Crippen LogP contribution in [0.3, 0.4) is 0 Å². The van der Waals surface area contributed by atoms with Crippen LogP contribution in [0.2, 0.25) is 0 Å². The fourth-order valence-corrected chi connectivity index (χ4v) is 1.95. The molecular formula is C12H17BrFNO. The molecule has 90 valence electrons. The van der Waals surface area contributed by atoms with Gasteiger partial charge in [-0.2, -0.15) is 0 Å². The Kier molecular flexibility index (Phi) is 4.74. The van der Waals surface area contributed by atoms with E-state index in [1.807, 2.05) is 13.8 Å². The summed E-state index contributed by atoms with van der Waals surface area (Å²) in [6.45, 7) is 3.99. The summed E-state index contributed by atoms with van der Waals surface area (Å²) < 4.78 is 19.1. The van der Waals surface area contributed by atoms with Crippen molar-refractivity contribution in [2.24, 2.45) is 11.7 Å². The monoisotopic (exact) mass is 289 g/mol. The Labute approximate surface area is 104 Å². The molecule has 0 bridgehead atoms. The number of halogens is 2. The molecule has 0 aliphatic rings. The summed E-state index contributed by atoms with van der Waals surface area (Å²) in [5.74, 6) is 0.695. The van der Waals surface area contributed by atoms with Gasteiger partial charge in [0.1, 0.15) is 11.6 Å². The van der Waals surface area contributed by atoms with E-state index in [0.29, 0.717) is 16.6 Å². The standard InChI is InChI=1S/C12H17BrFNO/c1-7(8(2)15)6-9-11(16-3)5-4-10(14)12(9)13/h4-5,7-8H,6,15H2,1-3H3. The van der Waals surface area contributed by atoms with E-state index in [9.17, 15) is 4.39 Å². The molecule has 0 aliphatic carbocycles.